The van der Waals surface area contributed by atoms with Crippen LogP contribution in [0.2, 0.25) is 0 Å². The van der Waals surface area contributed by atoms with E-state index in [1.54, 1.807) is 0 Å². The first-order valence-corrected chi connectivity index (χ1v) is 7.37. The van der Waals surface area contributed by atoms with Gasteiger partial charge in [0.05, 0.1) is 11.2 Å². The SMILES string of the molecule is CC(CNc1ccnc2c(N)cccc12)N1CCCC1. The van der Waals surface area contributed by atoms with E-state index >= 15 is 0 Å². The summed E-state index contributed by atoms with van der Waals surface area (Å²) in [5.41, 5.74) is 8.72. The molecule has 2 heterocycles. The standard InChI is InChI=1S/C16H22N4/c1-12(20-9-2-3-10-20)11-19-15-7-8-18-16-13(15)5-4-6-14(16)17/h4-8,12H,2-3,9-11,17H2,1H3,(H,18,19). The van der Waals surface area contributed by atoms with Crippen LogP contribution < -0.4 is 11.1 Å². The Morgan fingerprint density at radius 1 is 1.30 bits per heavy atom. The molecule has 0 radical (unpaired) electrons. The van der Waals surface area contributed by atoms with Gasteiger partial charge in [0.15, 0.2) is 0 Å². The van der Waals surface area contributed by atoms with Crippen LogP contribution in [-0.2, 0) is 0 Å². The number of fused-ring (bicyclic) bond motifs is 1. The van der Waals surface area contributed by atoms with Crippen molar-refractivity contribution >= 4 is 22.3 Å². The maximum atomic E-state index is 5.98. The molecule has 1 aliphatic heterocycles. The van der Waals surface area contributed by atoms with Crippen LogP contribution in [0.3, 0.4) is 0 Å². The molecule has 106 valence electrons. The summed E-state index contributed by atoms with van der Waals surface area (Å²) >= 11 is 0. The molecule has 0 amide bonds. The Bertz CT molecular complexity index is 590. The molecular formula is C16H22N4. The molecule has 1 atom stereocenters. The van der Waals surface area contributed by atoms with E-state index in [-0.39, 0.29) is 0 Å². The zero-order valence-corrected chi connectivity index (χ0v) is 12.0. The van der Waals surface area contributed by atoms with Crippen molar-refractivity contribution < 1.29 is 0 Å². The number of para-hydroxylation sites is 1. The number of benzene rings is 1. The molecule has 3 rings (SSSR count). The number of nitrogens with zero attached hydrogens (tertiary/aromatic N) is 2. The van der Waals surface area contributed by atoms with Gasteiger partial charge in [-0.2, -0.15) is 0 Å². The number of likely N-dealkylation sites (tertiary alicyclic amines) is 1. The lowest BCUT2D eigenvalue weighted by molar-refractivity contribution is 0.269. The average molecular weight is 270 g/mol. The zero-order valence-electron chi connectivity index (χ0n) is 12.0. The van der Waals surface area contributed by atoms with Gasteiger partial charge in [-0.25, -0.2) is 0 Å². The molecule has 20 heavy (non-hydrogen) atoms. The van der Waals surface area contributed by atoms with E-state index in [4.69, 9.17) is 5.73 Å². The number of hydrogen-bond donors (Lipinski definition) is 2. The lowest BCUT2D eigenvalue weighted by Gasteiger charge is -2.24. The second-order valence-electron chi connectivity index (χ2n) is 5.57. The summed E-state index contributed by atoms with van der Waals surface area (Å²) in [5, 5.41) is 4.65. The highest BCUT2D eigenvalue weighted by Crippen LogP contribution is 2.25. The van der Waals surface area contributed by atoms with E-state index in [1.807, 2.05) is 24.4 Å². The molecule has 1 fully saturated rings. The Kier molecular flexibility index (Phi) is 3.74. The van der Waals surface area contributed by atoms with E-state index < -0.39 is 0 Å². The fourth-order valence-corrected chi connectivity index (χ4v) is 2.92. The van der Waals surface area contributed by atoms with E-state index in [9.17, 15) is 0 Å². The van der Waals surface area contributed by atoms with Gasteiger partial charge in [0.1, 0.15) is 0 Å². The lowest BCUT2D eigenvalue weighted by atomic mass is 10.1. The maximum absolute atomic E-state index is 5.98. The molecular weight excluding hydrogens is 248 g/mol. The smallest absolute Gasteiger partial charge is 0.0951 e. The second-order valence-corrected chi connectivity index (χ2v) is 5.57. The molecule has 1 saturated heterocycles. The number of nitrogens with two attached hydrogens (primary N) is 1. The summed E-state index contributed by atoms with van der Waals surface area (Å²) in [6, 6.07) is 8.53. The monoisotopic (exact) mass is 270 g/mol. The number of aromatic nitrogens is 1. The maximum Gasteiger partial charge on any atom is 0.0951 e. The molecule has 1 aromatic carbocycles. The van der Waals surface area contributed by atoms with Gasteiger partial charge in [-0.15, -0.1) is 0 Å². The van der Waals surface area contributed by atoms with Gasteiger partial charge in [0, 0.05) is 29.9 Å². The quantitative estimate of drug-likeness (QED) is 0.839. The predicted octanol–water partition coefficient (Wildman–Crippen LogP) is 2.71. The molecule has 0 aliphatic carbocycles. The van der Waals surface area contributed by atoms with E-state index in [2.05, 4.69) is 28.2 Å². The number of rotatable bonds is 4. The van der Waals surface area contributed by atoms with Gasteiger partial charge in [-0.3, -0.25) is 9.88 Å². The van der Waals surface area contributed by atoms with E-state index in [1.165, 1.54) is 25.9 Å². The van der Waals surface area contributed by atoms with Crippen molar-refractivity contribution in [2.75, 3.05) is 30.7 Å². The Labute approximate surface area is 120 Å². The summed E-state index contributed by atoms with van der Waals surface area (Å²) < 4.78 is 0. The number of pyridine rings is 1. The molecule has 1 aromatic heterocycles. The van der Waals surface area contributed by atoms with Crippen LogP contribution in [-0.4, -0.2) is 35.6 Å². The Morgan fingerprint density at radius 2 is 2.10 bits per heavy atom. The third-order valence-electron chi connectivity index (χ3n) is 4.15. The Hall–Kier alpha value is -1.81. The number of anilines is 2. The summed E-state index contributed by atoms with van der Waals surface area (Å²) in [6.45, 7) is 5.70. The van der Waals surface area contributed by atoms with Crippen molar-refractivity contribution in [2.24, 2.45) is 0 Å². The van der Waals surface area contributed by atoms with Crippen LogP contribution in [0.1, 0.15) is 19.8 Å². The van der Waals surface area contributed by atoms with E-state index in [0.29, 0.717) is 6.04 Å². The molecule has 4 heteroatoms. The van der Waals surface area contributed by atoms with Crippen molar-refractivity contribution in [3.05, 3.63) is 30.5 Å². The van der Waals surface area contributed by atoms with Crippen LogP contribution in [0.4, 0.5) is 11.4 Å². The van der Waals surface area contributed by atoms with Crippen LogP contribution in [0, 0.1) is 0 Å². The molecule has 0 spiro atoms. The van der Waals surface area contributed by atoms with Crippen LogP contribution in [0.5, 0.6) is 0 Å². The van der Waals surface area contributed by atoms with Crippen molar-refractivity contribution in [1.82, 2.24) is 9.88 Å². The third kappa shape index (κ3) is 2.56. The normalized spacial score (nSPS) is 17.4. The largest absolute Gasteiger partial charge is 0.397 e. The molecule has 0 saturated carbocycles. The first-order chi connectivity index (χ1) is 9.75. The topological polar surface area (TPSA) is 54.2 Å². The van der Waals surface area contributed by atoms with Crippen LogP contribution >= 0.6 is 0 Å². The van der Waals surface area contributed by atoms with Crippen LogP contribution in [0.25, 0.3) is 10.9 Å². The van der Waals surface area contributed by atoms with Gasteiger partial charge in [0.2, 0.25) is 0 Å². The average Bonchev–Trinajstić information content (AvgIpc) is 2.99. The minimum atomic E-state index is 0.557. The van der Waals surface area contributed by atoms with Gasteiger partial charge in [0.25, 0.3) is 0 Å². The summed E-state index contributed by atoms with van der Waals surface area (Å²) in [5.74, 6) is 0. The van der Waals surface area contributed by atoms with Crippen molar-refractivity contribution in [2.45, 2.75) is 25.8 Å². The Balaban J connectivity index is 1.75. The molecule has 2 aromatic rings. The minimum Gasteiger partial charge on any atom is -0.397 e. The molecule has 4 nitrogen and oxygen atoms in total. The summed E-state index contributed by atoms with van der Waals surface area (Å²) in [7, 11) is 0. The number of nitrogen functional groups attached to an aromatic ring is 1. The van der Waals surface area contributed by atoms with Crippen molar-refractivity contribution in [3.8, 4) is 0 Å². The molecule has 1 aliphatic rings. The first kappa shape index (κ1) is 13.2. The third-order valence-corrected chi connectivity index (χ3v) is 4.15. The summed E-state index contributed by atoms with van der Waals surface area (Å²) in [6.07, 6.45) is 4.49. The highest BCUT2D eigenvalue weighted by molar-refractivity contribution is 5.97. The fourth-order valence-electron chi connectivity index (χ4n) is 2.92. The number of hydrogen-bond acceptors (Lipinski definition) is 4. The van der Waals surface area contributed by atoms with Crippen LogP contribution in [0.15, 0.2) is 30.5 Å². The fraction of sp³-hybridized carbons (Fsp3) is 0.438. The highest BCUT2D eigenvalue weighted by atomic mass is 15.2. The second kappa shape index (κ2) is 5.67. The van der Waals surface area contributed by atoms with Crippen molar-refractivity contribution in [3.63, 3.8) is 0 Å². The van der Waals surface area contributed by atoms with Gasteiger partial charge in [-0.1, -0.05) is 12.1 Å². The van der Waals surface area contributed by atoms with Crippen molar-refractivity contribution in [1.29, 1.82) is 0 Å². The predicted molar refractivity (Wildman–Crippen MR) is 84.9 cm³/mol. The van der Waals surface area contributed by atoms with Gasteiger partial charge < -0.3 is 11.1 Å². The zero-order chi connectivity index (χ0) is 13.9. The lowest BCUT2D eigenvalue weighted by Crippen LogP contribution is -2.35. The Morgan fingerprint density at radius 3 is 2.90 bits per heavy atom. The van der Waals surface area contributed by atoms with Gasteiger partial charge >= 0.3 is 0 Å². The molecule has 3 N–H and O–H groups in total. The highest BCUT2D eigenvalue weighted by Gasteiger charge is 2.17. The number of nitrogens with one attached hydrogen (secondary N) is 1. The molecule has 0 bridgehead atoms. The van der Waals surface area contributed by atoms with Gasteiger partial charge in [-0.05, 0) is 45.0 Å². The molecule has 1 unspecified atom stereocenters. The first-order valence-electron chi connectivity index (χ1n) is 7.37. The summed E-state index contributed by atoms with van der Waals surface area (Å²) in [4.78, 5) is 6.92. The minimum absolute atomic E-state index is 0.557. The van der Waals surface area contributed by atoms with E-state index in [0.717, 1.165) is 28.8 Å².